The van der Waals surface area contributed by atoms with Crippen LogP contribution in [0.4, 0.5) is 0 Å². The summed E-state index contributed by atoms with van der Waals surface area (Å²) in [5.74, 6) is 2.94. The molecule has 0 saturated carbocycles. The number of nitrogens with one attached hydrogen (secondary N) is 2. The minimum Gasteiger partial charge on any atom is -0.357 e. The maximum atomic E-state index is 4.71. The van der Waals surface area contributed by atoms with Crippen LogP contribution in [0.15, 0.2) is 4.99 Å². The summed E-state index contributed by atoms with van der Waals surface area (Å²) in [5.41, 5.74) is 0. The van der Waals surface area contributed by atoms with Gasteiger partial charge in [-0.3, -0.25) is 0 Å². The molecule has 142 valence electrons. The Bertz CT molecular complexity index is 534. The van der Waals surface area contributed by atoms with E-state index in [4.69, 9.17) is 4.99 Å². The van der Waals surface area contributed by atoms with E-state index in [0.717, 1.165) is 56.6 Å². The van der Waals surface area contributed by atoms with Gasteiger partial charge >= 0.3 is 0 Å². The molecule has 1 aromatic rings. The van der Waals surface area contributed by atoms with Crippen LogP contribution in [0.5, 0.6) is 0 Å². The molecule has 0 aliphatic carbocycles. The second-order valence-corrected chi connectivity index (χ2v) is 6.70. The molecule has 0 bridgehead atoms. The van der Waals surface area contributed by atoms with E-state index in [2.05, 4.69) is 58.0 Å². The Balaban J connectivity index is 1.82. The van der Waals surface area contributed by atoms with Crippen molar-refractivity contribution >= 4 is 5.96 Å². The number of fused-ring (bicyclic) bond motifs is 1. The van der Waals surface area contributed by atoms with Crippen molar-refractivity contribution in [3.05, 3.63) is 11.6 Å². The molecule has 1 aliphatic heterocycles. The van der Waals surface area contributed by atoms with Gasteiger partial charge in [-0.05, 0) is 52.7 Å². The molecule has 2 rings (SSSR count). The molecular weight excluding hydrogens is 314 g/mol. The van der Waals surface area contributed by atoms with E-state index in [-0.39, 0.29) is 0 Å². The van der Waals surface area contributed by atoms with Crippen LogP contribution in [0.3, 0.4) is 0 Å². The normalized spacial score (nSPS) is 15.5. The van der Waals surface area contributed by atoms with E-state index in [1.165, 1.54) is 19.4 Å². The standard InChI is InChI=1S/C18H35N7/c1-5-19-18(21-15(4)10-8-12-24(6-2)7-3)20-14-17-23-22-16-11-9-13-25(16)17/h15H,5-14H2,1-4H3,(H2,19,20,21). The van der Waals surface area contributed by atoms with Gasteiger partial charge in [0.05, 0.1) is 0 Å². The number of nitrogens with zero attached hydrogens (tertiary/aromatic N) is 5. The van der Waals surface area contributed by atoms with Crippen molar-refractivity contribution in [1.82, 2.24) is 30.3 Å². The van der Waals surface area contributed by atoms with Crippen molar-refractivity contribution in [2.45, 2.75) is 72.5 Å². The van der Waals surface area contributed by atoms with Gasteiger partial charge in [0.15, 0.2) is 11.8 Å². The lowest BCUT2D eigenvalue weighted by atomic mass is 10.2. The summed E-state index contributed by atoms with van der Waals surface area (Å²) in [6.45, 7) is 14.7. The fourth-order valence-corrected chi connectivity index (χ4v) is 3.26. The number of hydrogen-bond acceptors (Lipinski definition) is 4. The fourth-order valence-electron chi connectivity index (χ4n) is 3.26. The minimum absolute atomic E-state index is 0.400. The van der Waals surface area contributed by atoms with Crippen LogP contribution in [0.2, 0.25) is 0 Å². The second kappa shape index (κ2) is 10.4. The van der Waals surface area contributed by atoms with Crippen molar-refractivity contribution in [1.29, 1.82) is 0 Å². The molecule has 0 spiro atoms. The van der Waals surface area contributed by atoms with Gasteiger partial charge in [-0.1, -0.05) is 13.8 Å². The largest absolute Gasteiger partial charge is 0.357 e. The van der Waals surface area contributed by atoms with E-state index in [9.17, 15) is 0 Å². The van der Waals surface area contributed by atoms with Crippen molar-refractivity contribution in [3.63, 3.8) is 0 Å². The maximum absolute atomic E-state index is 4.71. The van der Waals surface area contributed by atoms with Crippen molar-refractivity contribution in [2.75, 3.05) is 26.2 Å². The second-order valence-electron chi connectivity index (χ2n) is 6.70. The molecule has 0 fully saturated rings. The van der Waals surface area contributed by atoms with Crippen LogP contribution in [0.25, 0.3) is 0 Å². The zero-order valence-electron chi connectivity index (χ0n) is 16.4. The summed E-state index contributed by atoms with van der Waals surface area (Å²) in [4.78, 5) is 7.18. The van der Waals surface area contributed by atoms with Gasteiger partial charge in [-0.15, -0.1) is 10.2 Å². The van der Waals surface area contributed by atoms with Crippen molar-refractivity contribution < 1.29 is 0 Å². The third-order valence-electron chi connectivity index (χ3n) is 4.80. The number of hydrogen-bond donors (Lipinski definition) is 2. The van der Waals surface area contributed by atoms with Gasteiger partial charge in [-0.2, -0.15) is 0 Å². The third-order valence-corrected chi connectivity index (χ3v) is 4.80. The Hall–Kier alpha value is -1.63. The first-order valence-corrected chi connectivity index (χ1v) is 9.86. The molecule has 1 aliphatic rings. The van der Waals surface area contributed by atoms with Gasteiger partial charge in [0.1, 0.15) is 12.4 Å². The quantitative estimate of drug-likeness (QED) is 0.498. The molecule has 1 aromatic heterocycles. The number of guanidine groups is 1. The van der Waals surface area contributed by atoms with E-state index < -0.39 is 0 Å². The lowest BCUT2D eigenvalue weighted by Crippen LogP contribution is -2.42. The highest BCUT2D eigenvalue weighted by Crippen LogP contribution is 2.14. The predicted octanol–water partition coefficient (Wildman–Crippen LogP) is 1.79. The third kappa shape index (κ3) is 5.99. The molecular formula is C18H35N7. The Kier molecular flexibility index (Phi) is 8.18. The highest BCUT2D eigenvalue weighted by Gasteiger charge is 2.17. The molecule has 7 nitrogen and oxygen atoms in total. The zero-order valence-corrected chi connectivity index (χ0v) is 16.4. The van der Waals surface area contributed by atoms with Gasteiger partial charge < -0.3 is 20.1 Å². The van der Waals surface area contributed by atoms with Gasteiger partial charge in [-0.25, -0.2) is 4.99 Å². The molecule has 2 N–H and O–H groups in total. The molecule has 7 heteroatoms. The first kappa shape index (κ1) is 19.7. The topological polar surface area (TPSA) is 70.4 Å². The number of rotatable bonds is 10. The Labute approximate surface area is 152 Å². The summed E-state index contributed by atoms with van der Waals surface area (Å²) in [5, 5.41) is 15.4. The lowest BCUT2D eigenvalue weighted by molar-refractivity contribution is 0.292. The van der Waals surface area contributed by atoms with Crippen LogP contribution in [-0.2, 0) is 19.5 Å². The zero-order chi connectivity index (χ0) is 18.1. The number of aryl methyl sites for hydroxylation is 1. The first-order chi connectivity index (χ1) is 12.2. The van der Waals surface area contributed by atoms with Crippen LogP contribution < -0.4 is 10.6 Å². The minimum atomic E-state index is 0.400. The van der Waals surface area contributed by atoms with E-state index in [1.807, 2.05) is 0 Å². The predicted molar refractivity (Wildman–Crippen MR) is 103 cm³/mol. The van der Waals surface area contributed by atoms with Crippen LogP contribution in [-0.4, -0.2) is 57.8 Å². The fraction of sp³-hybridized carbons (Fsp3) is 0.833. The Morgan fingerprint density at radius 2 is 2.08 bits per heavy atom. The summed E-state index contributed by atoms with van der Waals surface area (Å²) in [6.07, 6.45) is 4.55. The average molecular weight is 350 g/mol. The highest BCUT2D eigenvalue weighted by molar-refractivity contribution is 5.79. The number of aromatic nitrogens is 3. The smallest absolute Gasteiger partial charge is 0.191 e. The lowest BCUT2D eigenvalue weighted by Gasteiger charge is -2.21. The highest BCUT2D eigenvalue weighted by atomic mass is 15.3. The van der Waals surface area contributed by atoms with Gasteiger partial charge in [0.2, 0.25) is 0 Å². The number of aliphatic imine (C=N–C) groups is 1. The summed E-state index contributed by atoms with van der Waals surface area (Å²) >= 11 is 0. The molecule has 25 heavy (non-hydrogen) atoms. The monoisotopic (exact) mass is 349 g/mol. The van der Waals surface area contributed by atoms with E-state index in [0.29, 0.717) is 12.6 Å². The summed E-state index contributed by atoms with van der Waals surface area (Å²) in [7, 11) is 0. The van der Waals surface area contributed by atoms with Crippen molar-refractivity contribution in [2.24, 2.45) is 4.99 Å². The Morgan fingerprint density at radius 3 is 2.80 bits per heavy atom. The Morgan fingerprint density at radius 1 is 1.28 bits per heavy atom. The molecule has 0 aromatic carbocycles. The van der Waals surface area contributed by atoms with Crippen LogP contribution in [0, 0.1) is 0 Å². The average Bonchev–Trinajstić information content (AvgIpc) is 3.21. The molecule has 1 unspecified atom stereocenters. The molecule has 0 saturated heterocycles. The SMILES string of the molecule is CCNC(=NCc1nnc2n1CCC2)NC(C)CCCN(CC)CC. The summed E-state index contributed by atoms with van der Waals surface area (Å²) < 4.78 is 2.21. The molecule has 0 amide bonds. The van der Waals surface area contributed by atoms with Crippen LogP contribution >= 0.6 is 0 Å². The first-order valence-electron chi connectivity index (χ1n) is 9.86. The molecule has 1 atom stereocenters. The van der Waals surface area contributed by atoms with Crippen LogP contribution in [0.1, 0.15) is 58.6 Å². The van der Waals surface area contributed by atoms with Gasteiger partial charge in [0.25, 0.3) is 0 Å². The molecule has 2 heterocycles. The summed E-state index contributed by atoms with van der Waals surface area (Å²) in [6, 6.07) is 0.400. The maximum Gasteiger partial charge on any atom is 0.191 e. The van der Waals surface area contributed by atoms with Crippen molar-refractivity contribution in [3.8, 4) is 0 Å². The molecule has 0 radical (unpaired) electrons. The van der Waals surface area contributed by atoms with Gasteiger partial charge in [0, 0.05) is 25.6 Å². The van der Waals surface area contributed by atoms with E-state index >= 15 is 0 Å². The van der Waals surface area contributed by atoms with E-state index in [1.54, 1.807) is 0 Å².